The molecule has 1 aliphatic heterocycles. The fourth-order valence-corrected chi connectivity index (χ4v) is 3.15. The number of para-hydroxylation sites is 1. The van der Waals surface area contributed by atoms with Gasteiger partial charge in [0.2, 0.25) is 4.67 Å². The van der Waals surface area contributed by atoms with Crippen LogP contribution in [0.25, 0.3) is 5.70 Å². The van der Waals surface area contributed by atoms with Crippen LogP contribution in [0.1, 0.15) is 5.56 Å². The molecule has 0 bridgehead atoms. The second-order valence-electron chi connectivity index (χ2n) is 3.95. The maximum absolute atomic E-state index is 5.57. The number of halogens is 2. The first-order chi connectivity index (χ1) is 9.27. The minimum atomic E-state index is 0.666. The highest BCUT2D eigenvalue weighted by Gasteiger charge is 2.32. The minimum Gasteiger partial charge on any atom is -0.365 e. The van der Waals surface area contributed by atoms with Crippen molar-refractivity contribution in [1.82, 2.24) is 4.20 Å². The summed E-state index contributed by atoms with van der Waals surface area (Å²) in [7, 11) is 0. The standard InChI is InChI=1S/C14H10Br2N2O/c15-14-13(11-7-3-1-4-8-11)17(18(16)19-14)12-9-5-2-6-10-12/h1-10H. The van der Waals surface area contributed by atoms with Gasteiger partial charge in [0.15, 0.2) is 0 Å². The number of benzene rings is 2. The van der Waals surface area contributed by atoms with E-state index in [1.165, 1.54) is 4.20 Å². The van der Waals surface area contributed by atoms with Gasteiger partial charge in [-0.15, -0.1) is 0 Å². The average Bonchev–Trinajstić information content (AvgIpc) is 2.75. The lowest BCUT2D eigenvalue weighted by Crippen LogP contribution is -2.27. The predicted molar refractivity (Wildman–Crippen MR) is 83.1 cm³/mol. The highest BCUT2D eigenvalue weighted by Crippen LogP contribution is 2.40. The Balaban J connectivity index is 2.08. The fraction of sp³-hybridized carbons (Fsp3) is 0. The van der Waals surface area contributed by atoms with Crippen LogP contribution in [0.15, 0.2) is 65.3 Å². The van der Waals surface area contributed by atoms with Gasteiger partial charge in [-0.2, -0.15) is 0 Å². The van der Waals surface area contributed by atoms with E-state index < -0.39 is 0 Å². The fourth-order valence-electron chi connectivity index (χ4n) is 1.93. The van der Waals surface area contributed by atoms with Gasteiger partial charge in [0.25, 0.3) is 0 Å². The molecule has 3 rings (SSSR count). The molecule has 1 aliphatic rings. The van der Waals surface area contributed by atoms with E-state index in [1.54, 1.807) is 0 Å². The van der Waals surface area contributed by atoms with Crippen LogP contribution < -0.4 is 5.01 Å². The van der Waals surface area contributed by atoms with Crippen molar-refractivity contribution >= 4 is 43.5 Å². The van der Waals surface area contributed by atoms with Crippen molar-refractivity contribution in [2.45, 2.75) is 0 Å². The first-order valence-electron chi connectivity index (χ1n) is 5.71. The molecule has 2 aromatic carbocycles. The zero-order valence-corrected chi connectivity index (χ0v) is 13.0. The summed E-state index contributed by atoms with van der Waals surface area (Å²) >= 11 is 6.85. The first-order valence-corrected chi connectivity index (χ1v) is 7.22. The Bertz CT molecular complexity index is 601. The van der Waals surface area contributed by atoms with Crippen molar-refractivity contribution in [3.8, 4) is 0 Å². The summed E-state index contributed by atoms with van der Waals surface area (Å²) < 4.78 is 2.19. The molecular weight excluding hydrogens is 372 g/mol. The molecule has 0 aromatic heterocycles. The number of anilines is 1. The molecule has 1 heterocycles. The SMILES string of the molecule is BrC1=C(c2ccccc2)N(c2ccccc2)N(Br)O1. The van der Waals surface area contributed by atoms with E-state index >= 15 is 0 Å². The van der Waals surface area contributed by atoms with Crippen LogP contribution in [0.3, 0.4) is 0 Å². The molecular formula is C14H10Br2N2O. The summed E-state index contributed by atoms with van der Waals surface area (Å²) in [6.07, 6.45) is 0. The van der Waals surface area contributed by atoms with E-state index in [2.05, 4.69) is 32.1 Å². The van der Waals surface area contributed by atoms with Gasteiger partial charge in [-0.1, -0.05) is 48.5 Å². The Morgan fingerprint density at radius 1 is 0.842 bits per heavy atom. The van der Waals surface area contributed by atoms with Gasteiger partial charge in [0.05, 0.1) is 21.8 Å². The smallest absolute Gasteiger partial charge is 0.219 e. The van der Waals surface area contributed by atoms with Crippen molar-refractivity contribution < 1.29 is 4.84 Å². The lowest BCUT2D eigenvalue weighted by Gasteiger charge is -2.24. The van der Waals surface area contributed by atoms with Gasteiger partial charge in [-0.3, -0.25) is 0 Å². The summed E-state index contributed by atoms with van der Waals surface area (Å²) in [5, 5.41) is 1.94. The molecule has 0 amide bonds. The van der Waals surface area contributed by atoms with Crippen molar-refractivity contribution in [2.75, 3.05) is 5.01 Å². The molecule has 0 N–H and O–H groups in total. The van der Waals surface area contributed by atoms with Crippen LogP contribution in [-0.4, -0.2) is 4.20 Å². The lowest BCUT2D eigenvalue weighted by molar-refractivity contribution is 0.0225. The van der Waals surface area contributed by atoms with Crippen molar-refractivity contribution in [3.05, 3.63) is 70.9 Å². The van der Waals surface area contributed by atoms with Crippen LogP contribution in [0.4, 0.5) is 5.69 Å². The van der Waals surface area contributed by atoms with Gasteiger partial charge in [0, 0.05) is 9.76 Å². The molecule has 0 radical (unpaired) electrons. The van der Waals surface area contributed by atoms with Gasteiger partial charge >= 0.3 is 0 Å². The molecule has 3 nitrogen and oxygen atoms in total. The highest BCUT2D eigenvalue weighted by atomic mass is 79.9. The molecule has 5 heteroatoms. The Morgan fingerprint density at radius 2 is 1.42 bits per heavy atom. The Labute approximate surface area is 128 Å². The van der Waals surface area contributed by atoms with E-state index in [9.17, 15) is 0 Å². The zero-order chi connectivity index (χ0) is 13.2. The monoisotopic (exact) mass is 380 g/mol. The summed E-state index contributed by atoms with van der Waals surface area (Å²) in [5.74, 6) is 0. The van der Waals surface area contributed by atoms with Gasteiger partial charge in [-0.05, 0) is 28.1 Å². The summed E-state index contributed by atoms with van der Waals surface area (Å²) in [4.78, 5) is 5.57. The van der Waals surface area contributed by atoms with Gasteiger partial charge in [-0.25, -0.2) is 5.01 Å². The molecule has 0 aliphatic carbocycles. The largest absolute Gasteiger partial charge is 0.365 e. The average molecular weight is 382 g/mol. The minimum absolute atomic E-state index is 0.666. The molecule has 0 saturated carbocycles. The molecule has 19 heavy (non-hydrogen) atoms. The molecule has 2 aromatic rings. The van der Waals surface area contributed by atoms with Crippen LogP contribution >= 0.6 is 32.1 Å². The van der Waals surface area contributed by atoms with E-state index in [1.807, 2.05) is 65.7 Å². The van der Waals surface area contributed by atoms with Gasteiger partial charge in [0.1, 0.15) is 5.70 Å². The van der Waals surface area contributed by atoms with Crippen LogP contribution in [0.5, 0.6) is 0 Å². The Kier molecular flexibility index (Phi) is 3.59. The third kappa shape index (κ3) is 2.41. The Morgan fingerprint density at radius 3 is 2.05 bits per heavy atom. The molecule has 96 valence electrons. The zero-order valence-electron chi connectivity index (χ0n) is 9.83. The van der Waals surface area contributed by atoms with E-state index in [-0.39, 0.29) is 0 Å². The quantitative estimate of drug-likeness (QED) is 0.702. The van der Waals surface area contributed by atoms with Crippen molar-refractivity contribution in [1.29, 1.82) is 0 Å². The number of hydrogen-bond acceptors (Lipinski definition) is 3. The normalized spacial score (nSPS) is 15.8. The summed E-state index contributed by atoms with van der Waals surface area (Å²) in [6.45, 7) is 0. The highest BCUT2D eigenvalue weighted by molar-refractivity contribution is 9.11. The maximum atomic E-state index is 5.57. The van der Waals surface area contributed by atoms with E-state index in [0.717, 1.165) is 16.9 Å². The summed E-state index contributed by atoms with van der Waals surface area (Å²) in [6, 6.07) is 20.1. The third-order valence-corrected chi connectivity index (χ3v) is 3.74. The van der Waals surface area contributed by atoms with Crippen LogP contribution in [0, 0.1) is 0 Å². The number of nitrogens with zero attached hydrogens (tertiary/aromatic N) is 2. The van der Waals surface area contributed by atoms with Crippen molar-refractivity contribution in [3.63, 3.8) is 0 Å². The molecule has 0 atom stereocenters. The van der Waals surface area contributed by atoms with E-state index in [4.69, 9.17) is 4.84 Å². The predicted octanol–water partition coefficient (Wildman–Crippen LogP) is 4.69. The maximum Gasteiger partial charge on any atom is 0.219 e. The lowest BCUT2D eigenvalue weighted by atomic mass is 10.1. The van der Waals surface area contributed by atoms with Gasteiger partial charge < -0.3 is 4.84 Å². The van der Waals surface area contributed by atoms with E-state index in [0.29, 0.717) is 4.67 Å². The molecule has 0 saturated heterocycles. The number of hydrogen-bond donors (Lipinski definition) is 0. The first kappa shape index (κ1) is 12.7. The molecule has 0 unspecified atom stereocenters. The second kappa shape index (κ2) is 5.36. The molecule has 0 spiro atoms. The Hall–Kier alpha value is -1.30. The number of hydrazine groups is 1. The topological polar surface area (TPSA) is 15.7 Å². The third-order valence-electron chi connectivity index (χ3n) is 2.76. The van der Waals surface area contributed by atoms with Crippen LogP contribution in [0.2, 0.25) is 0 Å². The van der Waals surface area contributed by atoms with Crippen molar-refractivity contribution in [2.24, 2.45) is 0 Å². The second-order valence-corrected chi connectivity index (χ2v) is 5.28. The summed E-state index contributed by atoms with van der Waals surface area (Å²) in [5.41, 5.74) is 3.02. The molecule has 0 fully saturated rings. The number of rotatable bonds is 2. The van der Waals surface area contributed by atoms with Crippen LogP contribution in [-0.2, 0) is 4.84 Å².